The fourth-order valence-corrected chi connectivity index (χ4v) is 3.59. The van der Waals surface area contributed by atoms with Crippen LogP contribution in [0.4, 0.5) is 0 Å². The molecule has 2 aromatic rings. The van der Waals surface area contributed by atoms with E-state index >= 15 is 0 Å². The van der Waals surface area contributed by atoms with Gasteiger partial charge in [-0.2, -0.15) is 0 Å². The van der Waals surface area contributed by atoms with Crippen molar-refractivity contribution in [3.63, 3.8) is 0 Å². The molecule has 6 heteroatoms. The molecule has 1 saturated heterocycles. The molecule has 2 amide bonds. The van der Waals surface area contributed by atoms with Gasteiger partial charge in [-0.05, 0) is 42.7 Å². The van der Waals surface area contributed by atoms with Gasteiger partial charge in [0.1, 0.15) is 6.04 Å². The Morgan fingerprint density at radius 3 is 2.38 bits per heavy atom. The van der Waals surface area contributed by atoms with Crippen molar-refractivity contribution in [2.75, 3.05) is 26.2 Å². The smallest absolute Gasteiger partial charge is 0.251 e. The van der Waals surface area contributed by atoms with Gasteiger partial charge in [0.2, 0.25) is 5.91 Å². The second kappa shape index (κ2) is 9.65. The van der Waals surface area contributed by atoms with Gasteiger partial charge in [0.15, 0.2) is 0 Å². The summed E-state index contributed by atoms with van der Waals surface area (Å²) in [7, 11) is 0. The Labute approximate surface area is 172 Å². The van der Waals surface area contributed by atoms with Crippen molar-refractivity contribution < 1.29 is 9.59 Å². The Morgan fingerprint density at radius 2 is 1.76 bits per heavy atom. The monoisotopic (exact) mass is 394 g/mol. The average molecular weight is 395 g/mol. The first-order valence-corrected chi connectivity index (χ1v) is 10.2. The molecule has 1 aromatic heterocycles. The largest absolute Gasteiger partial charge is 0.340 e. The van der Waals surface area contributed by atoms with E-state index in [0.717, 1.165) is 25.2 Å². The highest BCUT2D eigenvalue weighted by Crippen LogP contribution is 2.13. The molecule has 0 radical (unpaired) electrons. The standard InChI is InChI=1S/C23H30N4O2/c1-17(2)21(25-22(28)20-6-4-5-18(3)15-20)23(29)27-13-11-26(12-14-27)16-19-7-9-24-10-8-19/h4-10,15,17,21H,11-14,16H2,1-3H3,(H,25,28). The summed E-state index contributed by atoms with van der Waals surface area (Å²) in [5, 5.41) is 2.96. The number of aryl methyl sites for hydroxylation is 1. The van der Waals surface area contributed by atoms with Gasteiger partial charge in [0, 0.05) is 50.7 Å². The summed E-state index contributed by atoms with van der Waals surface area (Å²) >= 11 is 0. The van der Waals surface area contributed by atoms with Crippen molar-refractivity contribution in [1.82, 2.24) is 20.1 Å². The van der Waals surface area contributed by atoms with Gasteiger partial charge >= 0.3 is 0 Å². The molecule has 1 N–H and O–H groups in total. The Bertz CT molecular complexity index is 830. The molecule has 3 rings (SSSR count). The number of hydrogen-bond donors (Lipinski definition) is 1. The Hall–Kier alpha value is -2.73. The summed E-state index contributed by atoms with van der Waals surface area (Å²) < 4.78 is 0. The van der Waals surface area contributed by atoms with E-state index in [1.165, 1.54) is 5.56 Å². The van der Waals surface area contributed by atoms with Crippen LogP contribution in [-0.2, 0) is 11.3 Å². The minimum Gasteiger partial charge on any atom is -0.340 e. The maximum Gasteiger partial charge on any atom is 0.251 e. The van der Waals surface area contributed by atoms with Crippen molar-refractivity contribution >= 4 is 11.8 Å². The lowest BCUT2D eigenvalue weighted by atomic mass is 10.0. The van der Waals surface area contributed by atoms with Gasteiger partial charge in [0.25, 0.3) is 5.91 Å². The molecule has 1 aliphatic heterocycles. The van der Waals surface area contributed by atoms with E-state index in [-0.39, 0.29) is 17.7 Å². The molecule has 2 heterocycles. The van der Waals surface area contributed by atoms with Crippen LogP contribution in [-0.4, -0.2) is 58.8 Å². The minimum atomic E-state index is -0.519. The predicted molar refractivity (Wildman–Crippen MR) is 113 cm³/mol. The summed E-state index contributed by atoms with van der Waals surface area (Å²) in [6.45, 7) is 9.75. The second-order valence-corrected chi connectivity index (χ2v) is 8.02. The number of hydrogen-bond acceptors (Lipinski definition) is 4. The van der Waals surface area contributed by atoms with Crippen LogP contribution in [0, 0.1) is 12.8 Å². The summed E-state index contributed by atoms with van der Waals surface area (Å²) in [6.07, 6.45) is 3.61. The normalized spacial score (nSPS) is 15.9. The first-order chi connectivity index (χ1) is 13.9. The van der Waals surface area contributed by atoms with Crippen molar-refractivity contribution in [3.05, 3.63) is 65.5 Å². The number of rotatable bonds is 6. The molecule has 1 fully saturated rings. The Kier molecular flexibility index (Phi) is 6.99. The maximum atomic E-state index is 13.1. The number of amides is 2. The maximum absolute atomic E-state index is 13.1. The van der Waals surface area contributed by atoms with Gasteiger partial charge in [-0.15, -0.1) is 0 Å². The zero-order chi connectivity index (χ0) is 20.8. The third kappa shape index (κ3) is 5.64. The number of benzene rings is 1. The summed E-state index contributed by atoms with van der Waals surface area (Å²) in [5.74, 6) is -0.173. The molecule has 1 unspecified atom stereocenters. The topological polar surface area (TPSA) is 65.5 Å². The van der Waals surface area contributed by atoms with Crippen LogP contribution in [0.15, 0.2) is 48.8 Å². The zero-order valence-corrected chi connectivity index (χ0v) is 17.5. The third-order valence-corrected chi connectivity index (χ3v) is 5.34. The van der Waals surface area contributed by atoms with Crippen molar-refractivity contribution in [3.8, 4) is 0 Å². The van der Waals surface area contributed by atoms with Crippen LogP contribution in [0.1, 0.15) is 35.3 Å². The zero-order valence-electron chi connectivity index (χ0n) is 17.5. The molecule has 154 valence electrons. The predicted octanol–water partition coefficient (Wildman–Crippen LogP) is 2.49. The molecular weight excluding hydrogens is 364 g/mol. The number of carbonyl (C=O) groups is 2. The molecule has 0 saturated carbocycles. The highest BCUT2D eigenvalue weighted by Gasteiger charge is 2.31. The van der Waals surface area contributed by atoms with E-state index in [1.807, 2.05) is 56.0 Å². The fourth-order valence-electron chi connectivity index (χ4n) is 3.59. The average Bonchev–Trinajstić information content (AvgIpc) is 2.72. The Morgan fingerprint density at radius 1 is 1.07 bits per heavy atom. The first kappa shape index (κ1) is 21.0. The molecule has 1 aliphatic rings. The van der Waals surface area contributed by atoms with Crippen LogP contribution >= 0.6 is 0 Å². The lowest BCUT2D eigenvalue weighted by Crippen LogP contribution is -2.56. The van der Waals surface area contributed by atoms with Gasteiger partial charge in [-0.1, -0.05) is 31.5 Å². The van der Waals surface area contributed by atoms with Gasteiger partial charge in [0.05, 0.1) is 0 Å². The molecule has 0 spiro atoms. The van der Waals surface area contributed by atoms with E-state index in [4.69, 9.17) is 0 Å². The van der Waals surface area contributed by atoms with Gasteiger partial charge in [-0.25, -0.2) is 0 Å². The van der Waals surface area contributed by atoms with E-state index in [0.29, 0.717) is 18.7 Å². The van der Waals surface area contributed by atoms with Gasteiger partial charge < -0.3 is 10.2 Å². The third-order valence-electron chi connectivity index (χ3n) is 5.34. The van der Waals surface area contributed by atoms with Crippen LogP contribution in [0.3, 0.4) is 0 Å². The molecule has 1 aromatic carbocycles. The van der Waals surface area contributed by atoms with Crippen LogP contribution in [0.25, 0.3) is 0 Å². The Balaban J connectivity index is 1.57. The SMILES string of the molecule is Cc1cccc(C(=O)NC(C(=O)N2CCN(Cc3ccncc3)CC2)C(C)C)c1. The van der Waals surface area contributed by atoms with Crippen LogP contribution in [0.2, 0.25) is 0 Å². The second-order valence-electron chi connectivity index (χ2n) is 8.02. The van der Waals surface area contributed by atoms with Crippen molar-refractivity contribution in [1.29, 1.82) is 0 Å². The first-order valence-electron chi connectivity index (χ1n) is 10.2. The highest BCUT2D eigenvalue weighted by molar-refractivity contribution is 5.97. The molecular formula is C23H30N4O2. The molecule has 1 atom stereocenters. The lowest BCUT2D eigenvalue weighted by Gasteiger charge is -2.37. The van der Waals surface area contributed by atoms with E-state index in [2.05, 4.69) is 15.2 Å². The molecule has 6 nitrogen and oxygen atoms in total. The number of nitrogens with one attached hydrogen (secondary N) is 1. The molecule has 0 aliphatic carbocycles. The number of pyridine rings is 1. The lowest BCUT2D eigenvalue weighted by molar-refractivity contribution is -0.136. The number of aromatic nitrogens is 1. The summed E-state index contributed by atoms with van der Waals surface area (Å²) in [6, 6.07) is 11.0. The van der Waals surface area contributed by atoms with E-state index in [9.17, 15) is 9.59 Å². The van der Waals surface area contributed by atoms with Crippen molar-refractivity contribution in [2.24, 2.45) is 5.92 Å². The van der Waals surface area contributed by atoms with Crippen LogP contribution < -0.4 is 5.32 Å². The van der Waals surface area contributed by atoms with Gasteiger partial charge in [-0.3, -0.25) is 19.5 Å². The number of carbonyl (C=O) groups excluding carboxylic acids is 2. The number of piperazine rings is 1. The minimum absolute atomic E-state index is 0.00423. The molecule has 29 heavy (non-hydrogen) atoms. The van der Waals surface area contributed by atoms with Crippen LogP contribution in [0.5, 0.6) is 0 Å². The van der Waals surface area contributed by atoms with E-state index in [1.54, 1.807) is 18.5 Å². The fraction of sp³-hybridized carbons (Fsp3) is 0.435. The quantitative estimate of drug-likeness (QED) is 0.818. The van der Waals surface area contributed by atoms with Crippen molar-refractivity contribution in [2.45, 2.75) is 33.4 Å². The summed E-state index contributed by atoms with van der Waals surface area (Å²) in [4.78, 5) is 34.1. The van der Waals surface area contributed by atoms with E-state index < -0.39 is 6.04 Å². The highest BCUT2D eigenvalue weighted by atomic mass is 16.2. The number of nitrogens with zero attached hydrogens (tertiary/aromatic N) is 3. The summed E-state index contributed by atoms with van der Waals surface area (Å²) in [5.41, 5.74) is 2.84. The molecule has 0 bridgehead atoms.